The number of hydrogen-bond acceptors (Lipinski definition) is 9. The summed E-state index contributed by atoms with van der Waals surface area (Å²) in [6.45, 7) is 15.7. The summed E-state index contributed by atoms with van der Waals surface area (Å²) in [5.41, 5.74) is 4.07. The molecule has 0 spiro atoms. The molecule has 49 heavy (non-hydrogen) atoms. The standard InChI is InChI=1S/C40H58N6O2S/c1-6-10-13-17-33(8-3)30-47-25-23-46(24-26-48-31-34(9-4)18-14-11-7-2)37-21-22-38(32(5)27-37)43-45-40-35(29-41)28-39(49-40)44-42-36-19-15-12-16-20-36/h12,15-16,19-22,27-28,33-34H,6-11,13-14,17-18,23-26,30-31H2,1-5H3/b44-42?,45-43+. The van der Waals surface area contributed by atoms with E-state index >= 15 is 0 Å². The third kappa shape index (κ3) is 14.9. The fraction of sp³-hybridized carbons (Fsp3) is 0.575. The molecule has 0 fully saturated rings. The van der Waals surface area contributed by atoms with Crippen LogP contribution < -0.4 is 4.90 Å². The largest absolute Gasteiger partial charge is 0.379 e. The van der Waals surface area contributed by atoms with Crippen molar-refractivity contribution in [2.45, 2.75) is 98.8 Å². The molecule has 0 aliphatic carbocycles. The van der Waals surface area contributed by atoms with E-state index < -0.39 is 0 Å². The van der Waals surface area contributed by atoms with Gasteiger partial charge in [0.1, 0.15) is 11.1 Å². The quantitative estimate of drug-likeness (QED) is 0.0654. The Morgan fingerprint density at radius 2 is 1.39 bits per heavy atom. The molecule has 0 aliphatic rings. The van der Waals surface area contributed by atoms with Gasteiger partial charge in [0.05, 0.1) is 30.2 Å². The van der Waals surface area contributed by atoms with Crippen LogP contribution >= 0.6 is 11.3 Å². The predicted molar refractivity (Wildman–Crippen MR) is 205 cm³/mol. The zero-order valence-corrected chi connectivity index (χ0v) is 31.4. The minimum Gasteiger partial charge on any atom is -0.379 e. The minimum absolute atomic E-state index is 0.433. The molecular weight excluding hydrogens is 629 g/mol. The average Bonchev–Trinajstić information content (AvgIpc) is 3.53. The summed E-state index contributed by atoms with van der Waals surface area (Å²) in [5, 5.41) is 28.4. The highest BCUT2D eigenvalue weighted by molar-refractivity contribution is 7.19. The van der Waals surface area contributed by atoms with Gasteiger partial charge < -0.3 is 14.4 Å². The predicted octanol–water partition coefficient (Wildman–Crippen LogP) is 12.8. The van der Waals surface area contributed by atoms with Gasteiger partial charge in [-0.3, -0.25) is 0 Å². The lowest BCUT2D eigenvalue weighted by molar-refractivity contribution is 0.0894. The van der Waals surface area contributed by atoms with Crippen molar-refractivity contribution in [1.29, 1.82) is 5.26 Å². The molecule has 2 atom stereocenters. The summed E-state index contributed by atoms with van der Waals surface area (Å²) >= 11 is 1.30. The van der Waals surface area contributed by atoms with Crippen molar-refractivity contribution in [3.63, 3.8) is 0 Å². The molecule has 1 aromatic heterocycles. The SMILES string of the molecule is CCCCCC(CC)COCCN(CCOCC(CC)CCCCC)c1ccc(/N=N/c2sc(N=Nc3ccccc3)cc2C#N)c(C)c1. The Balaban J connectivity index is 1.66. The second-order valence-corrected chi connectivity index (χ2v) is 13.8. The molecule has 8 nitrogen and oxygen atoms in total. The van der Waals surface area contributed by atoms with Gasteiger partial charge in [-0.05, 0) is 73.6 Å². The van der Waals surface area contributed by atoms with Crippen LogP contribution in [-0.2, 0) is 9.47 Å². The molecule has 0 saturated carbocycles. The molecule has 266 valence electrons. The van der Waals surface area contributed by atoms with Gasteiger partial charge in [-0.2, -0.15) is 5.26 Å². The summed E-state index contributed by atoms with van der Waals surface area (Å²) < 4.78 is 12.5. The molecular formula is C40H58N6O2S. The number of unbranched alkanes of at least 4 members (excludes halogenated alkanes) is 4. The van der Waals surface area contributed by atoms with Crippen LogP contribution in [0.1, 0.15) is 103 Å². The fourth-order valence-electron chi connectivity index (χ4n) is 5.62. The van der Waals surface area contributed by atoms with Crippen LogP contribution in [0.15, 0.2) is 75.1 Å². The second kappa shape index (κ2) is 23.8. The first kappa shape index (κ1) is 40.0. The van der Waals surface area contributed by atoms with Crippen molar-refractivity contribution in [2.75, 3.05) is 44.4 Å². The Kier molecular flexibility index (Phi) is 19.4. The van der Waals surface area contributed by atoms with Crippen LogP contribution in [0, 0.1) is 30.1 Å². The highest BCUT2D eigenvalue weighted by Gasteiger charge is 2.13. The van der Waals surface area contributed by atoms with E-state index in [1.807, 2.05) is 43.3 Å². The number of anilines is 1. The first-order valence-corrected chi connectivity index (χ1v) is 19.3. The smallest absolute Gasteiger partial charge is 0.158 e. The number of benzene rings is 2. The summed E-state index contributed by atoms with van der Waals surface area (Å²) in [4.78, 5) is 2.36. The van der Waals surface area contributed by atoms with Crippen LogP contribution in [0.3, 0.4) is 0 Å². The van der Waals surface area contributed by atoms with Gasteiger partial charge in [0.15, 0.2) is 5.00 Å². The third-order valence-electron chi connectivity index (χ3n) is 8.94. The normalized spacial score (nSPS) is 12.9. The maximum Gasteiger partial charge on any atom is 0.158 e. The van der Waals surface area contributed by atoms with E-state index in [1.165, 1.54) is 62.7 Å². The first-order chi connectivity index (χ1) is 24.0. The molecule has 0 bridgehead atoms. The molecule has 0 radical (unpaired) electrons. The molecule has 2 unspecified atom stereocenters. The van der Waals surface area contributed by atoms with Crippen molar-refractivity contribution in [3.8, 4) is 6.07 Å². The first-order valence-electron chi connectivity index (χ1n) is 18.4. The van der Waals surface area contributed by atoms with Gasteiger partial charge in [-0.25, -0.2) is 0 Å². The number of azo groups is 2. The molecule has 0 aliphatic heterocycles. The number of thiophene rings is 1. The van der Waals surface area contributed by atoms with E-state index in [9.17, 15) is 5.26 Å². The van der Waals surface area contributed by atoms with Crippen LogP contribution in [0.4, 0.5) is 27.1 Å². The van der Waals surface area contributed by atoms with Crippen LogP contribution in [0.5, 0.6) is 0 Å². The van der Waals surface area contributed by atoms with Gasteiger partial charge in [-0.15, -0.1) is 20.5 Å². The minimum atomic E-state index is 0.433. The van der Waals surface area contributed by atoms with Crippen LogP contribution in [0.2, 0.25) is 0 Å². The highest BCUT2D eigenvalue weighted by Crippen LogP contribution is 2.38. The fourth-order valence-corrected chi connectivity index (χ4v) is 6.37. The van der Waals surface area contributed by atoms with E-state index in [4.69, 9.17) is 9.47 Å². The molecule has 0 N–H and O–H groups in total. The zero-order chi connectivity index (χ0) is 35.1. The Morgan fingerprint density at radius 1 is 0.755 bits per heavy atom. The maximum absolute atomic E-state index is 9.69. The Bertz CT molecular complexity index is 1410. The number of nitriles is 1. The summed E-state index contributed by atoms with van der Waals surface area (Å²) in [5.74, 6) is 1.25. The number of ether oxygens (including phenoxy) is 2. The number of rotatable bonds is 25. The zero-order valence-electron chi connectivity index (χ0n) is 30.6. The lowest BCUT2D eigenvalue weighted by Crippen LogP contribution is -2.32. The third-order valence-corrected chi connectivity index (χ3v) is 9.84. The van der Waals surface area contributed by atoms with Gasteiger partial charge in [0.2, 0.25) is 0 Å². The monoisotopic (exact) mass is 686 g/mol. The van der Waals surface area contributed by atoms with Crippen molar-refractivity contribution >= 4 is 38.4 Å². The molecule has 2 aromatic carbocycles. The Morgan fingerprint density at radius 3 is 1.94 bits per heavy atom. The van der Waals surface area contributed by atoms with Gasteiger partial charge >= 0.3 is 0 Å². The Hall–Kier alpha value is -3.45. The van der Waals surface area contributed by atoms with E-state index in [2.05, 4.69) is 71.3 Å². The van der Waals surface area contributed by atoms with Gasteiger partial charge in [0.25, 0.3) is 0 Å². The number of nitrogens with zero attached hydrogens (tertiary/aromatic N) is 6. The van der Waals surface area contributed by atoms with Crippen LogP contribution in [0.25, 0.3) is 0 Å². The lowest BCUT2D eigenvalue weighted by atomic mass is 10.00. The highest BCUT2D eigenvalue weighted by atomic mass is 32.1. The van der Waals surface area contributed by atoms with Gasteiger partial charge in [0, 0.05) is 32.0 Å². The van der Waals surface area contributed by atoms with Crippen molar-refractivity contribution in [3.05, 3.63) is 65.7 Å². The van der Waals surface area contributed by atoms with E-state index in [0.717, 1.165) is 61.8 Å². The van der Waals surface area contributed by atoms with Gasteiger partial charge in [-0.1, -0.05) is 109 Å². The lowest BCUT2D eigenvalue weighted by Gasteiger charge is -2.26. The van der Waals surface area contributed by atoms with E-state index in [1.54, 1.807) is 6.07 Å². The van der Waals surface area contributed by atoms with Crippen molar-refractivity contribution in [2.24, 2.45) is 32.3 Å². The number of hydrogen-bond donors (Lipinski definition) is 0. The molecule has 3 rings (SSSR count). The maximum atomic E-state index is 9.69. The average molecular weight is 687 g/mol. The van der Waals surface area contributed by atoms with Crippen molar-refractivity contribution < 1.29 is 9.47 Å². The number of aryl methyl sites for hydroxylation is 1. The van der Waals surface area contributed by atoms with E-state index in [0.29, 0.717) is 40.6 Å². The van der Waals surface area contributed by atoms with Crippen molar-refractivity contribution in [1.82, 2.24) is 0 Å². The molecule has 9 heteroatoms. The molecule has 0 amide bonds. The topological polar surface area (TPSA) is 94.9 Å². The molecule has 1 heterocycles. The molecule has 3 aromatic rings. The Labute approximate surface area is 299 Å². The van der Waals surface area contributed by atoms with Crippen LogP contribution in [-0.4, -0.2) is 39.5 Å². The second-order valence-electron chi connectivity index (χ2n) is 12.8. The summed E-state index contributed by atoms with van der Waals surface area (Å²) in [7, 11) is 0. The molecule has 0 saturated heterocycles. The summed E-state index contributed by atoms with van der Waals surface area (Å²) in [6, 6.07) is 19.7. The summed E-state index contributed by atoms with van der Waals surface area (Å²) in [6.07, 6.45) is 12.5. The van der Waals surface area contributed by atoms with E-state index in [-0.39, 0.29) is 0 Å².